The zero-order chi connectivity index (χ0) is 25.2. The molecule has 1 N–H and O–H groups in total. The fourth-order valence-electron chi connectivity index (χ4n) is 4.81. The van der Waals surface area contributed by atoms with Gasteiger partial charge in [0, 0.05) is 27.7 Å². The van der Waals surface area contributed by atoms with Crippen LogP contribution in [0.1, 0.15) is 30.5 Å². The van der Waals surface area contributed by atoms with Crippen LogP contribution in [0.5, 0.6) is 0 Å². The van der Waals surface area contributed by atoms with Crippen molar-refractivity contribution in [2.75, 3.05) is 18.5 Å². The van der Waals surface area contributed by atoms with Gasteiger partial charge in [0.2, 0.25) is 5.95 Å². The highest BCUT2D eigenvalue weighted by molar-refractivity contribution is 6.08. The summed E-state index contributed by atoms with van der Waals surface area (Å²) in [4.78, 5) is 60.4. The molecule has 2 aliphatic heterocycles. The van der Waals surface area contributed by atoms with Gasteiger partial charge in [-0.15, -0.1) is 0 Å². The van der Waals surface area contributed by atoms with Crippen LogP contribution in [0.25, 0.3) is 11.2 Å². The third-order valence-electron chi connectivity index (χ3n) is 6.79. The number of amides is 3. The Kier molecular flexibility index (Phi) is 5.15. The van der Waals surface area contributed by atoms with Crippen molar-refractivity contribution >= 4 is 29.1 Å². The molecule has 0 radical (unpaired) electrons. The number of hydrogen-bond acceptors (Lipinski definition) is 5. The Morgan fingerprint density at radius 2 is 1.71 bits per heavy atom. The molecule has 2 aliphatic rings. The molecule has 0 fully saturated rings. The van der Waals surface area contributed by atoms with Crippen LogP contribution in [0.4, 0.5) is 10.7 Å². The maximum atomic E-state index is 14.1. The van der Waals surface area contributed by atoms with Gasteiger partial charge >= 0.3 is 11.7 Å². The Hall–Kier alpha value is -4.15. The third-order valence-corrected chi connectivity index (χ3v) is 6.79. The number of anilines is 1. The topological polar surface area (TPSA) is 114 Å². The molecule has 182 valence electrons. The first-order valence-electron chi connectivity index (χ1n) is 11.5. The fourth-order valence-corrected chi connectivity index (χ4v) is 4.81. The minimum atomic E-state index is -0.649. The number of nitrogens with one attached hydrogen (secondary N) is 1. The first-order valence-corrected chi connectivity index (χ1v) is 11.5. The molecule has 1 aromatic carbocycles. The van der Waals surface area contributed by atoms with E-state index in [1.54, 1.807) is 23.6 Å². The molecule has 1 atom stereocenters. The second-order valence-electron chi connectivity index (χ2n) is 9.05. The molecule has 5 rings (SSSR count). The molecule has 0 aliphatic carbocycles. The van der Waals surface area contributed by atoms with Crippen LogP contribution in [0, 0.1) is 6.92 Å². The molecule has 0 bridgehead atoms. The lowest BCUT2D eigenvalue weighted by atomic mass is 9.93. The van der Waals surface area contributed by atoms with Gasteiger partial charge in [-0.3, -0.25) is 33.1 Å². The standard InChI is InChI=1S/C24H27N7O4/c1-6-11-30-20(32)16-15(27(3)23(34)25-17(16)14-9-7-13(2)8-10-14)12-31-18-19(26-22(30)31)28(4)24(35)29(5)21(18)33/h7-10,17H,6,11-12H2,1-5H3,(H,25,34)/t17-/m0/s1. The van der Waals surface area contributed by atoms with Crippen molar-refractivity contribution in [2.45, 2.75) is 32.9 Å². The number of aryl methyl sites for hydroxylation is 2. The molecular weight excluding hydrogens is 450 g/mol. The van der Waals surface area contributed by atoms with Gasteiger partial charge in [0.1, 0.15) is 0 Å². The first kappa shape index (κ1) is 22.6. The van der Waals surface area contributed by atoms with Gasteiger partial charge in [-0.25, -0.2) is 9.59 Å². The van der Waals surface area contributed by atoms with Crippen LogP contribution in [0.3, 0.4) is 0 Å². The zero-order valence-corrected chi connectivity index (χ0v) is 20.3. The molecular formula is C24H27N7O4. The average molecular weight is 478 g/mol. The number of imidazole rings is 1. The maximum Gasteiger partial charge on any atom is 0.332 e. The largest absolute Gasteiger partial charge is 0.332 e. The van der Waals surface area contributed by atoms with Gasteiger partial charge < -0.3 is 5.32 Å². The highest BCUT2D eigenvalue weighted by Crippen LogP contribution is 2.37. The highest BCUT2D eigenvalue weighted by Gasteiger charge is 2.42. The SMILES string of the molecule is CCCN1C(=O)C2=C(Cn3c1nc1c3c(=O)n(C)c(=O)n1C)N(C)C(=O)N[C@H]2c1ccc(C)cc1. The molecule has 35 heavy (non-hydrogen) atoms. The fraction of sp³-hybridized carbons (Fsp3) is 0.375. The number of carbonyl (C=O) groups excluding carboxylic acids is 2. The number of fused-ring (bicyclic) bond motifs is 3. The van der Waals surface area contributed by atoms with Gasteiger partial charge in [-0.1, -0.05) is 36.8 Å². The number of rotatable bonds is 3. The maximum absolute atomic E-state index is 14.1. The summed E-state index contributed by atoms with van der Waals surface area (Å²) in [5.74, 6) is -0.0155. The van der Waals surface area contributed by atoms with Crippen molar-refractivity contribution in [3.63, 3.8) is 0 Å². The van der Waals surface area contributed by atoms with Crippen LogP contribution in [0.15, 0.2) is 45.1 Å². The smallest absolute Gasteiger partial charge is 0.327 e. The average Bonchev–Trinajstić information content (AvgIpc) is 3.16. The van der Waals surface area contributed by atoms with E-state index in [9.17, 15) is 19.2 Å². The molecule has 2 aromatic heterocycles. The van der Waals surface area contributed by atoms with E-state index in [-0.39, 0.29) is 35.6 Å². The molecule has 0 spiro atoms. The normalized spacial score (nSPS) is 18.0. The number of nitrogens with zero attached hydrogens (tertiary/aromatic N) is 6. The van der Waals surface area contributed by atoms with Crippen molar-refractivity contribution in [1.82, 2.24) is 28.9 Å². The van der Waals surface area contributed by atoms with Crippen LogP contribution >= 0.6 is 0 Å². The van der Waals surface area contributed by atoms with Crippen molar-refractivity contribution in [3.8, 4) is 0 Å². The highest BCUT2D eigenvalue weighted by atomic mass is 16.2. The van der Waals surface area contributed by atoms with E-state index in [1.807, 2.05) is 38.1 Å². The van der Waals surface area contributed by atoms with E-state index < -0.39 is 17.3 Å². The summed E-state index contributed by atoms with van der Waals surface area (Å²) < 4.78 is 3.97. The predicted octanol–water partition coefficient (Wildman–Crippen LogP) is 1.15. The van der Waals surface area contributed by atoms with Gasteiger partial charge in [-0.2, -0.15) is 4.98 Å². The molecule has 0 saturated carbocycles. The van der Waals surface area contributed by atoms with Crippen molar-refractivity contribution in [1.29, 1.82) is 0 Å². The number of aromatic nitrogens is 4. The Morgan fingerprint density at radius 1 is 1.03 bits per heavy atom. The number of urea groups is 1. The summed E-state index contributed by atoms with van der Waals surface area (Å²) >= 11 is 0. The molecule has 3 aromatic rings. The zero-order valence-electron chi connectivity index (χ0n) is 20.3. The van der Waals surface area contributed by atoms with E-state index in [1.165, 1.54) is 16.5 Å². The molecule has 11 nitrogen and oxygen atoms in total. The molecule has 11 heteroatoms. The van der Waals surface area contributed by atoms with Crippen LogP contribution in [0.2, 0.25) is 0 Å². The Labute approximate surface area is 200 Å². The van der Waals surface area contributed by atoms with E-state index in [0.29, 0.717) is 24.2 Å². The lowest BCUT2D eigenvalue weighted by Gasteiger charge is -2.35. The van der Waals surface area contributed by atoms with Gasteiger partial charge in [0.05, 0.1) is 23.9 Å². The molecule has 4 heterocycles. The van der Waals surface area contributed by atoms with E-state index >= 15 is 0 Å². The minimum Gasteiger partial charge on any atom is -0.327 e. The van der Waals surface area contributed by atoms with E-state index in [4.69, 9.17) is 0 Å². The minimum absolute atomic E-state index is 0.0762. The Morgan fingerprint density at radius 3 is 2.37 bits per heavy atom. The number of benzene rings is 1. The molecule has 3 amide bonds. The van der Waals surface area contributed by atoms with E-state index in [0.717, 1.165) is 15.7 Å². The predicted molar refractivity (Wildman–Crippen MR) is 130 cm³/mol. The number of likely N-dealkylation sites (N-methyl/N-ethyl adjacent to an activating group) is 1. The number of allylic oxidation sites excluding steroid dienone is 1. The van der Waals surface area contributed by atoms with Crippen molar-refractivity contribution in [3.05, 3.63) is 67.5 Å². The van der Waals surface area contributed by atoms with Crippen LogP contribution in [-0.2, 0) is 25.4 Å². The van der Waals surface area contributed by atoms with Crippen molar-refractivity contribution < 1.29 is 9.59 Å². The Bertz CT molecular complexity index is 1540. The van der Waals surface area contributed by atoms with Gasteiger partial charge in [-0.05, 0) is 18.9 Å². The third kappa shape index (κ3) is 3.22. The number of carbonyl (C=O) groups is 2. The monoisotopic (exact) mass is 477 g/mol. The van der Waals surface area contributed by atoms with E-state index in [2.05, 4.69) is 10.3 Å². The summed E-state index contributed by atoms with van der Waals surface area (Å²) in [6.45, 7) is 4.35. The van der Waals surface area contributed by atoms with Crippen LogP contribution in [-0.4, -0.2) is 49.1 Å². The second kappa shape index (κ2) is 7.97. The Balaban J connectivity index is 1.82. The summed E-state index contributed by atoms with van der Waals surface area (Å²) in [6.07, 6.45) is 0.645. The van der Waals surface area contributed by atoms with Crippen LogP contribution < -0.4 is 21.5 Å². The molecule has 0 unspecified atom stereocenters. The van der Waals surface area contributed by atoms with Gasteiger partial charge in [0.25, 0.3) is 11.5 Å². The first-order chi connectivity index (χ1) is 16.6. The lowest BCUT2D eigenvalue weighted by molar-refractivity contribution is -0.115. The van der Waals surface area contributed by atoms with Gasteiger partial charge in [0.15, 0.2) is 11.2 Å². The summed E-state index contributed by atoms with van der Waals surface area (Å²) in [6, 6.07) is 6.68. The lowest BCUT2D eigenvalue weighted by Crippen LogP contribution is -2.48. The quantitative estimate of drug-likeness (QED) is 0.608. The second-order valence-corrected chi connectivity index (χ2v) is 9.05. The molecule has 0 saturated heterocycles. The number of hydrogen-bond donors (Lipinski definition) is 1. The van der Waals surface area contributed by atoms with Crippen molar-refractivity contribution in [2.24, 2.45) is 14.1 Å². The summed E-state index contributed by atoms with van der Waals surface area (Å²) in [7, 11) is 4.56. The summed E-state index contributed by atoms with van der Waals surface area (Å²) in [5.41, 5.74) is 2.17. The summed E-state index contributed by atoms with van der Waals surface area (Å²) in [5, 5.41) is 2.96.